The molecule has 0 heterocycles. The molecule has 1 rings (SSSR count). The summed E-state index contributed by atoms with van der Waals surface area (Å²) < 4.78 is 10.7. The maximum atomic E-state index is 10.7. The van der Waals surface area contributed by atoms with Gasteiger partial charge < -0.3 is 4.55 Å². The monoisotopic (exact) mass is 175 g/mol. The first-order chi connectivity index (χ1) is 4.72. The van der Waals surface area contributed by atoms with Gasteiger partial charge in [0.2, 0.25) is 0 Å². The molecule has 1 unspecified atom stereocenters. The molecule has 10 heavy (non-hydrogen) atoms. The highest BCUT2D eigenvalue weighted by molar-refractivity contribution is 7.89. The number of hydrogen-bond donors (Lipinski definition) is 1. The largest absolute Gasteiger partial charge is 0.593 e. The van der Waals surface area contributed by atoms with E-state index in [0.29, 0.717) is 9.92 Å². The number of nitrogens with two attached hydrogens (primary N) is 1. The summed E-state index contributed by atoms with van der Waals surface area (Å²) in [5.41, 5.74) is 0. The van der Waals surface area contributed by atoms with Gasteiger partial charge in [0.15, 0.2) is 4.90 Å². The fourth-order valence-electron chi connectivity index (χ4n) is 0.608. The maximum Gasteiger partial charge on any atom is 0.192 e. The van der Waals surface area contributed by atoms with Gasteiger partial charge in [-0.15, -0.1) is 5.14 Å². The molecule has 2 nitrogen and oxygen atoms in total. The molecule has 1 aromatic carbocycles. The summed E-state index contributed by atoms with van der Waals surface area (Å²) in [6.07, 6.45) is 0. The van der Waals surface area contributed by atoms with Crippen molar-refractivity contribution >= 4 is 23.0 Å². The van der Waals surface area contributed by atoms with Crippen LogP contribution in [0.1, 0.15) is 0 Å². The van der Waals surface area contributed by atoms with Crippen molar-refractivity contribution in [1.29, 1.82) is 0 Å². The molecule has 0 aliphatic carbocycles. The van der Waals surface area contributed by atoms with Gasteiger partial charge in [0, 0.05) is 0 Å². The van der Waals surface area contributed by atoms with Gasteiger partial charge in [0.25, 0.3) is 0 Å². The molecule has 54 valence electrons. The van der Waals surface area contributed by atoms with E-state index < -0.39 is 11.4 Å². The number of benzene rings is 1. The van der Waals surface area contributed by atoms with E-state index in [-0.39, 0.29) is 0 Å². The van der Waals surface area contributed by atoms with Crippen LogP contribution in [-0.2, 0) is 11.4 Å². The summed E-state index contributed by atoms with van der Waals surface area (Å²) in [6.45, 7) is 0. The SMILES string of the molecule is N[S+]([O-])c1ccccc1Cl. The quantitative estimate of drug-likeness (QED) is 0.655. The van der Waals surface area contributed by atoms with Gasteiger partial charge in [0.1, 0.15) is 0 Å². The number of rotatable bonds is 1. The van der Waals surface area contributed by atoms with Crippen molar-refractivity contribution in [2.24, 2.45) is 5.14 Å². The van der Waals surface area contributed by atoms with E-state index in [1.807, 2.05) is 0 Å². The van der Waals surface area contributed by atoms with Gasteiger partial charge in [-0.2, -0.15) is 0 Å². The fraction of sp³-hybridized carbons (Fsp3) is 0. The Morgan fingerprint density at radius 3 is 2.40 bits per heavy atom. The summed E-state index contributed by atoms with van der Waals surface area (Å²) in [5, 5.41) is 5.55. The standard InChI is InChI=1S/C6H6ClNOS/c7-5-3-1-2-4-6(5)10(8)9/h1-4H,8H2. The summed E-state index contributed by atoms with van der Waals surface area (Å²) in [6, 6.07) is 6.80. The van der Waals surface area contributed by atoms with Crippen LogP contribution in [0.2, 0.25) is 5.02 Å². The van der Waals surface area contributed by atoms with E-state index in [1.54, 1.807) is 24.3 Å². The molecular weight excluding hydrogens is 170 g/mol. The molecule has 0 radical (unpaired) electrons. The minimum absolute atomic E-state index is 0.448. The molecule has 0 aliphatic heterocycles. The summed E-state index contributed by atoms with van der Waals surface area (Å²) in [5.74, 6) is 0. The first-order valence-electron chi connectivity index (χ1n) is 2.62. The molecule has 0 fully saturated rings. The van der Waals surface area contributed by atoms with Gasteiger partial charge >= 0.3 is 0 Å². The summed E-state index contributed by atoms with van der Waals surface area (Å²) >= 11 is 4.17. The molecule has 0 saturated heterocycles. The average Bonchev–Trinajstić information content (AvgIpc) is 1.88. The van der Waals surface area contributed by atoms with Crippen LogP contribution >= 0.6 is 11.6 Å². The van der Waals surface area contributed by atoms with Crippen molar-refractivity contribution in [1.82, 2.24) is 0 Å². The smallest absolute Gasteiger partial charge is 0.192 e. The Morgan fingerprint density at radius 1 is 1.40 bits per heavy atom. The summed E-state index contributed by atoms with van der Waals surface area (Å²) in [4.78, 5) is 0.476. The average molecular weight is 176 g/mol. The Kier molecular flexibility index (Phi) is 2.56. The van der Waals surface area contributed by atoms with Crippen LogP contribution in [0.4, 0.5) is 0 Å². The van der Waals surface area contributed by atoms with Crippen LogP contribution in [0, 0.1) is 0 Å². The molecule has 4 heteroatoms. The van der Waals surface area contributed by atoms with E-state index in [4.69, 9.17) is 16.7 Å². The molecule has 0 saturated carbocycles. The van der Waals surface area contributed by atoms with Crippen molar-refractivity contribution < 1.29 is 4.55 Å². The van der Waals surface area contributed by atoms with Crippen molar-refractivity contribution in [3.63, 3.8) is 0 Å². The Hall–Kier alpha value is -0.220. The predicted octanol–water partition coefficient (Wildman–Crippen LogP) is 1.32. The molecule has 0 amide bonds. The highest BCUT2D eigenvalue weighted by Crippen LogP contribution is 2.18. The van der Waals surface area contributed by atoms with Crippen LogP contribution in [0.3, 0.4) is 0 Å². The third-order valence-corrected chi connectivity index (χ3v) is 2.28. The number of hydrogen-bond acceptors (Lipinski definition) is 2. The van der Waals surface area contributed by atoms with Crippen molar-refractivity contribution in [2.75, 3.05) is 0 Å². The Bertz CT molecular complexity index is 229. The molecule has 0 spiro atoms. The second-order valence-corrected chi connectivity index (χ2v) is 3.17. The van der Waals surface area contributed by atoms with E-state index in [9.17, 15) is 4.55 Å². The first-order valence-corrected chi connectivity index (χ1v) is 4.21. The second-order valence-electron chi connectivity index (χ2n) is 1.73. The van der Waals surface area contributed by atoms with Crippen LogP contribution in [0.5, 0.6) is 0 Å². The predicted molar refractivity (Wildman–Crippen MR) is 42.0 cm³/mol. The van der Waals surface area contributed by atoms with Crippen molar-refractivity contribution in [3.05, 3.63) is 29.3 Å². The Labute approximate surface area is 67.3 Å². The lowest BCUT2D eigenvalue weighted by Crippen LogP contribution is -2.12. The van der Waals surface area contributed by atoms with E-state index in [0.717, 1.165) is 0 Å². The van der Waals surface area contributed by atoms with Gasteiger partial charge in [-0.1, -0.05) is 23.7 Å². The molecule has 0 bridgehead atoms. The highest BCUT2D eigenvalue weighted by Gasteiger charge is 2.08. The van der Waals surface area contributed by atoms with Crippen LogP contribution in [-0.4, -0.2) is 4.55 Å². The second kappa shape index (κ2) is 3.25. The maximum absolute atomic E-state index is 10.7. The lowest BCUT2D eigenvalue weighted by Gasteiger charge is -2.02. The van der Waals surface area contributed by atoms with E-state index >= 15 is 0 Å². The third kappa shape index (κ3) is 1.64. The van der Waals surface area contributed by atoms with Crippen LogP contribution in [0.15, 0.2) is 29.2 Å². The van der Waals surface area contributed by atoms with Gasteiger partial charge in [-0.3, -0.25) is 0 Å². The molecule has 2 N–H and O–H groups in total. The van der Waals surface area contributed by atoms with Crippen molar-refractivity contribution in [2.45, 2.75) is 4.90 Å². The van der Waals surface area contributed by atoms with E-state index in [1.165, 1.54) is 0 Å². The van der Waals surface area contributed by atoms with Crippen LogP contribution in [0.25, 0.3) is 0 Å². The minimum atomic E-state index is -1.47. The minimum Gasteiger partial charge on any atom is -0.593 e. The first kappa shape index (κ1) is 7.88. The van der Waals surface area contributed by atoms with Gasteiger partial charge in [-0.05, 0) is 12.1 Å². The lowest BCUT2D eigenvalue weighted by molar-refractivity contribution is 0.597. The fourth-order valence-corrected chi connectivity index (χ4v) is 1.44. The molecule has 1 aromatic rings. The van der Waals surface area contributed by atoms with Crippen molar-refractivity contribution in [3.8, 4) is 0 Å². The molecule has 1 atom stereocenters. The molecular formula is C6H6ClNOS. The zero-order valence-electron chi connectivity index (χ0n) is 5.08. The molecule has 0 aromatic heterocycles. The number of halogens is 1. The Balaban J connectivity index is 3.03. The van der Waals surface area contributed by atoms with Gasteiger partial charge in [0.05, 0.1) is 16.4 Å². The Morgan fingerprint density at radius 2 is 2.00 bits per heavy atom. The summed E-state index contributed by atoms with van der Waals surface area (Å²) in [7, 11) is 0. The molecule has 0 aliphatic rings. The topological polar surface area (TPSA) is 49.1 Å². The highest BCUT2D eigenvalue weighted by atomic mass is 35.5. The lowest BCUT2D eigenvalue weighted by atomic mass is 10.4. The zero-order chi connectivity index (χ0) is 7.56. The van der Waals surface area contributed by atoms with Crippen LogP contribution < -0.4 is 5.14 Å². The van der Waals surface area contributed by atoms with Gasteiger partial charge in [-0.25, -0.2) is 0 Å². The normalized spacial score (nSPS) is 13.1. The zero-order valence-corrected chi connectivity index (χ0v) is 6.65. The van der Waals surface area contributed by atoms with E-state index in [2.05, 4.69) is 0 Å². The third-order valence-electron chi connectivity index (χ3n) is 1.05.